The SMILES string of the molecule is COc1ncc(-c2nc(N3CCOCC3)nc3c(OCCc4ccc(C(=O)NOC5CCCCO5)cc4F)cc(F)cc23)cc1NS(C)(=O)=O. The fourth-order valence-electron chi connectivity index (χ4n) is 5.55. The molecule has 17 heteroatoms. The van der Waals surface area contributed by atoms with Gasteiger partial charge < -0.3 is 23.8 Å². The highest BCUT2D eigenvalue weighted by Crippen LogP contribution is 2.36. The molecule has 0 spiro atoms. The minimum absolute atomic E-state index is 0.0319. The molecule has 2 saturated heterocycles. The zero-order valence-electron chi connectivity index (χ0n) is 27.4. The topological polar surface area (TPSA) is 163 Å². The smallest absolute Gasteiger partial charge is 0.275 e. The van der Waals surface area contributed by atoms with E-state index in [0.717, 1.165) is 25.2 Å². The summed E-state index contributed by atoms with van der Waals surface area (Å²) in [6.07, 6.45) is 4.49. The number of sulfonamides is 1. The van der Waals surface area contributed by atoms with Gasteiger partial charge in [0.05, 0.1) is 38.9 Å². The van der Waals surface area contributed by atoms with E-state index in [2.05, 4.69) is 15.2 Å². The lowest BCUT2D eigenvalue weighted by Gasteiger charge is -2.27. The molecule has 2 fully saturated rings. The number of halogens is 2. The quantitative estimate of drug-likeness (QED) is 0.203. The van der Waals surface area contributed by atoms with Crippen molar-refractivity contribution in [3.63, 3.8) is 0 Å². The van der Waals surface area contributed by atoms with Crippen molar-refractivity contribution in [1.29, 1.82) is 0 Å². The average Bonchev–Trinajstić information content (AvgIpc) is 3.11. The zero-order valence-corrected chi connectivity index (χ0v) is 28.2. The number of hydroxylamine groups is 1. The fourth-order valence-corrected chi connectivity index (χ4v) is 6.10. The zero-order chi connectivity index (χ0) is 35.3. The van der Waals surface area contributed by atoms with Crippen LogP contribution in [0.3, 0.4) is 0 Å². The summed E-state index contributed by atoms with van der Waals surface area (Å²) in [5.41, 5.74) is 3.63. The minimum Gasteiger partial charge on any atom is -0.491 e. The van der Waals surface area contributed by atoms with Gasteiger partial charge in [-0.05, 0) is 42.7 Å². The molecule has 14 nitrogen and oxygen atoms in total. The lowest BCUT2D eigenvalue weighted by molar-refractivity contribution is -0.186. The van der Waals surface area contributed by atoms with Crippen LogP contribution in [0.15, 0.2) is 42.6 Å². The average molecular weight is 715 g/mol. The Kier molecular flexibility index (Phi) is 10.9. The largest absolute Gasteiger partial charge is 0.491 e. The molecule has 1 unspecified atom stereocenters. The van der Waals surface area contributed by atoms with Crippen LogP contribution in [0.25, 0.3) is 22.2 Å². The van der Waals surface area contributed by atoms with Crippen LogP contribution in [0.2, 0.25) is 0 Å². The Morgan fingerprint density at radius 3 is 2.62 bits per heavy atom. The highest BCUT2D eigenvalue weighted by atomic mass is 32.2. The molecule has 0 aliphatic carbocycles. The van der Waals surface area contributed by atoms with Crippen LogP contribution in [-0.4, -0.2) is 88.4 Å². The second-order valence-electron chi connectivity index (χ2n) is 11.7. The monoisotopic (exact) mass is 714 g/mol. The van der Waals surface area contributed by atoms with Crippen LogP contribution in [-0.2, 0) is 30.8 Å². The first-order valence-corrected chi connectivity index (χ1v) is 17.8. The summed E-state index contributed by atoms with van der Waals surface area (Å²) in [5.74, 6) is -1.43. The van der Waals surface area contributed by atoms with Crippen molar-refractivity contribution in [2.75, 3.05) is 62.5 Å². The normalized spacial score (nSPS) is 16.6. The Morgan fingerprint density at radius 1 is 1.08 bits per heavy atom. The maximum Gasteiger partial charge on any atom is 0.275 e. The number of benzene rings is 2. The highest BCUT2D eigenvalue weighted by molar-refractivity contribution is 7.92. The number of carbonyl (C=O) groups excluding carboxylic acids is 1. The number of aromatic nitrogens is 3. The molecule has 50 heavy (non-hydrogen) atoms. The van der Waals surface area contributed by atoms with Crippen LogP contribution in [0.1, 0.15) is 35.2 Å². The van der Waals surface area contributed by atoms with Gasteiger partial charge in [0, 0.05) is 61.3 Å². The number of rotatable bonds is 12. The van der Waals surface area contributed by atoms with Crippen molar-refractivity contribution in [3.05, 3.63) is 65.4 Å². The molecular weight excluding hydrogens is 678 g/mol. The fraction of sp³-hybridized carbons (Fsp3) is 0.394. The van der Waals surface area contributed by atoms with Gasteiger partial charge in [-0.3, -0.25) is 9.52 Å². The molecule has 6 rings (SSSR count). The summed E-state index contributed by atoms with van der Waals surface area (Å²) in [4.78, 5) is 33.5. The molecule has 2 aliphatic rings. The Morgan fingerprint density at radius 2 is 1.90 bits per heavy atom. The number of morpholine rings is 1. The molecule has 0 saturated carbocycles. The molecule has 266 valence electrons. The van der Waals surface area contributed by atoms with Gasteiger partial charge in [-0.15, -0.1) is 0 Å². The van der Waals surface area contributed by atoms with Crippen LogP contribution in [0, 0.1) is 11.6 Å². The number of fused-ring (bicyclic) bond motifs is 1. The first kappa shape index (κ1) is 35.1. The lowest BCUT2D eigenvalue weighted by atomic mass is 10.1. The van der Waals surface area contributed by atoms with Gasteiger partial charge in [-0.25, -0.2) is 42.5 Å². The standard InChI is InChI=1S/C33H36F2N6O8S/c1-45-32-26(40-50(2,43)44)16-22(19-36-32)29-24-17-23(34)18-27(30(24)38-33(37-29)41-9-13-46-14-10-41)47-12-8-20-6-7-21(15-25(20)35)31(42)39-49-28-5-3-4-11-48-28/h6-7,15-19,28,40H,3-5,8-14H2,1-2H3,(H,39,42). The number of nitrogens with one attached hydrogen (secondary N) is 2. The van der Waals surface area contributed by atoms with E-state index in [1.165, 1.54) is 43.6 Å². The molecule has 4 heterocycles. The minimum atomic E-state index is -3.70. The van der Waals surface area contributed by atoms with E-state index >= 15 is 8.78 Å². The molecule has 2 aromatic heterocycles. The van der Waals surface area contributed by atoms with E-state index in [0.29, 0.717) is 50.8 Å². The third-order valence-electron chi connectivity index (χ3n) is 7.99. The first-order chi connectivity index (χ1) is 24.1. The number of hydrogen-bond acceptors (Lipinski definition) is 12. The van der Waals surface area contributed by atoms with Crippen molar-refractivity contribution in [2.45, 2.75) is 32.0 Å². The summed E-state index contributed by atoms with van der Waals surface area (Å²) in [6.45, 7) is 2.39. The van der Waals surface area contributed by atoms with Gasteiger partial charge in [0.25, 0.3) is 5.91 Å². The molecule has 2 N–H and O–H groups in total. The van der Waals surface area contributed by atoms with Gasteiger partial charge in [-0.1, -0.05) is 6.07 Å². The summed E-state index contributed by atoms with van der Waals surface area (Å²) >= 11 is 0. The van der Waals surface area contributed by atoms with Gasteiger partial charge in [0.15, 0.2) is 6.29 Å². The van der Waals surface area contributed by atoms with Crippen LogP contribution >= 0.6 is 0 Å². The van der Waals surface area contributed by atoms with Crippen LogP contribution < -0.4 is 24.6 Å². The van der Waals surface area contributed by atoms with Crippen molar-refractivity contribution < 1.29 is 45.8 Å². The van der Waals surface area contributed by atoms with Gasteiger partial charge >= 0.3 is 0 Å². The van der Waals surface area contributed by atoms with Gasteiger partial charge in [0.2, 0.25) is 21.9 Å². The van der Waals surface area contributed by atoms with Crippen LogP contribution in [0.4, 0.5) is 20.4 Å². The number of pyridine rings is 1. The molecule has 1 atom stereocenters. The molecule has 1 amide bonds. The number of hydrogen-bond donors (Lipinski definition) is 2. The third kappa shape index (κ3) is 8.53. The van der Waals surface area contributed by atoms with E-state index in [1.807, 2.05) is 4.90 Å². The molecule has 2 aromatic carbocycles. The first-order valence-electron chi connectivity index (χ1n) is 15.9. The van der Waals surface area contributed by atoms with E-state index in [9.17, 15) is 13.2 Å². The number of carbonyl (C=O) groups is 1. The maximum atomic E-state index is 15.2. The second-order valence-corrected chi connectivity index (χ2v) is 13.4. The summed E-state index contributed by atoms with van der Waals surface area (Å²) in [6, 6.07) is 7.99. The van der Waals surface area contributed by atoms with Crippen molar-refractivity contribution in [2.24, 2.45) is 0 Å². The maximum absolute atomic E-state index is 15.2. The number of nitrogens with zero attached hydrogens (tertiary/aromatic N) is 4. The Hall–Kier alpha value is -4.71. The molecule has 0 radical (unpaired) electrons. The van der Waals surface area contributed by atoms with Crippen molar-refractivity contribution >= 4 is 38.5 Å². The Labute approximate surface area is 287 Å². The number of amides is 1. The Balaban J connectivity index is 1.26. The van der Waals surface area contributed by atoms with E-state index in [4.69, 9.17) is 33.8 Å². The molecule has 4 aromatic rings. The molecule has 0 bridgehead atoms. The predicted molar refractivity (Wildman–Crippen MR) is 179 cm³/mol. The molecule has 2 aliphatic heterocycles. The van der Waals surface area contributed by atoms with E-state index in [1.54, 1.807) is 0 Å². The van der Waals surface area contributed by atoms with Crippen LogP contribution in [0.5, 0.6) is 11.6 Å². The number of anilines is 2. The lowest BCUT2D eigenvalue weighted by Crippen LogP contribution is -2.37. The molecular formula is C33H36F2N6O8S. The van der Waals surface area contributed by atoms with Gasteiger partial charge in [-0.2, -0.15) is 0 Å². The number of ether oxygens (including phenoxy) is 4. The summed E-state index contributed by atoms with van der Waals surface area (Å²) < 4.78 is 79.0. The van der Waals surface area contributed by atoms with Crippen molar-refractivity contribution in [1.82, 2.24) is 20.4 Å². The summed E-state index contributed by atoms with van der Waals surface area (Å²) in [7, 11) is -2.35. The third-order valence-corrected chi connectivity index (χ3v) is 8.58. The van der Waals surface area contributed by atoms with Crippen molar-refractivity contribution in [3.8, 4) is 22.9 Å². The number of methoxy groups -OCH3 is 1. The second kappa shape index (κ2) is 15.5. The summed E-state index contributed by atoms with van der Waals surface area (Å²) in [5, 5.41) is 0.275. The Bertz CT molecular complexity index is 1970. The van der Waals surface area contributed by atoms with Gasteiger partial charge in [0.1, 0.15) is 28.6 Å². The highest BCUT2D eigenvalue weighted by Gasteiger charge is 2.23. The van der Waals surface area contributed by atoms with E-state index in [-0.39, 0.29) is 58.1 Å². The predicted octanol–water partition coefficient (Wildman–Crippen LogP) is 4.00. The van der Waals surface area contributed by atoms with E-state index < -0.39 is 33.9 Å².